The van der Waals surface area contributed by atoms with Crippen molar-refractivity contribution in [2.45, 2.75) is 30.7 Å². The minimum atomic E-state index is -3.96. The number of piperidine rings is 1. The molecule has 3 rings (SSSR count). The molecule has 1 aliphatic heterocycles. The van der Waals surface area contributed by atoms with E-state index in [0.717, 1.165) is 23.6 Å². The molecule has 0 aliphatic carbocycles. The van der Waals surface area contributed by atoms with E-state index in [-0.39, 0.29) is 6.04 Å². The molecule has 1 saturated heterocycles. The third-order valence-electron chi connectivity index (χ3n) is 4.16. The molecule has 0 atom stereocenters. The van der Waals surface area contributed by atoms with Crippen molar-refractivity contribution in [3.63, 3.8) is 0 Å². The normalized spacial score (nSPS) is 16.2. The molecule has 0 radical (unpaired) electrons. The van der Waals surface area contributed by atoms with Gasteiger partial charge in [-0.3, -0.25) is 0 Å². The molecule has 1 aromatic carbocycles. The van der Waals surface area contributed by atoms with E-state index in [0.29, 0.717) is 32.0 Å². The summed E-state index contributed by atoms with van der Waals surface area (Å²) in [7, 11) is -3.96. The number of nitrogens with zero attached hydrogens (tertiary/aromatic N) is 2. The Labute approximate surface area is 145 Å². The molecule has 8 heteroatoms. The number of aryl methyl sites for hydroxylation is 1. The maximum absolute atomic E-state index is 13.3. The second kappa shape index (κ2) is 7.05. The lowest BCUT2D eigenvalue weighted by Gasteiger charge is -2.33. The minimum absolute atomic E-state index is 0.280. The van der Waals surface area contributed by atoms with Gasteiger partial charge in [-0.05, 0) is 44.0 Å². The van der Waals surface area contributed by atoms with Crippen molar-refractivity contribution < 1.29 is 17.2 Å². The number of sulfonamides is 1. The molecule has 1 aliphatic rings. The lowest BCUT2D eigenvalue weighted by molar-refractivity contribution is 0.457. The first-order valence-electron chi connectivity index (χ1n) is 8.00. The fourth-order valence-electron chi connectivity index (χ4n) is 2.90. The van der Waals surface area contributed by atoms with E-state index in [1.807, 2.05) is 25.1 Å². The van der Waals surface area contributed by atoms with E-state index in [1.54, 1.807) is 0 Å². The Hall–Kier alpha value is -2.06. The molecule has 2 heterocycles. The maximum Gasteiger partial charge on any atom is 0.241 e. The largest absolute Gasteiger partial charge is 0.356 e. The first-order valence-corrected chi connectivity index (χ1v) is 9.49. The van der Waals surface area contributed by atoms with E-state index in [4.69, 9.17) is 0 Å². The smallest absolute Gasteiger partial charge is 0.241 e. The van der Waals surface area contributed by atoms with E-state index in [2.05, 4.69) is 14.6 Å². The fourth-order valence-corrected chi connectivity index (χ4v) is 4.25. The Morgan fingerprint density at radius 3 is 2.36 bits per heavy atom. The quantitative estimate of drug-likeness (QED) is 0.902. The van der Waals surface area contributed by atoms with Crippen LogP contribution in [0.15, 0.2) is 41.3 Å². The van der Waals surface area contributed by atoms with Gasteiger partial charge in [-0.25, -0.2) is 26.9 Å². The molecule has 0 spiro atoms. The Kier molecular flexibility index (Phi) is 5.01. The van der Waals surface area contributed by atoms with Crippen LogP contribution in [0.5, 0.6) is 0 Å². The average molecular weight is 367 g/mol. The van der Waals surface area contributed by atoms with Gasteiger partial charge >= 0.3 is 0 Å². The Balaban J connectivity index is 1.65. The lowest BCUT2D eigenvalue weighted by Crippen LogP contribution is -2.44. The van der Waals surface area contributed by atoms with Crippen LogP contribution in [0, 0.1) is 18.6 Å². The van der Waals surface area contributed by atoms with Gasteiger partial charge in [0.05, 0.1) is 4.90 Å². The van der Waals surface area contributed by atoms with Crippen LogP contribution >= 0.6 is 0 Å². The SMILES string of the molecule is Cc1cccc(N2CCC(NS(=O)(=O)c3cc(F)cc(F)c3)CC2)n1. The van der Waals surface area contributed by atoms with Crippen LogP contribution in [0.25, 0.3) is 0 Å². The zero-order valence-electron chi connectivity index (χ0n) is 13.7. The summed E-state index contributed by atoms with van der Waals surface area (Å²) < 4.78 is 53.7. The van der Waals surface area contributed by atoms with E-state index >= 15 is 0 Å². The number of halogens is 2. The van der Waals surface area contributed by atoms with Gasteiger partial charge in [0.2, 0.25) is 10.0 Å². The molecule has 0 saturated carbocycles. The van der Waals surface area contributed by atoms with Gasteiger partial charge in [-0.1, -0.05) is 6.07 Å². The number of benzene rings is 1. The standard InChI is InChI=1S/C17H19F2N3O2S/c1-12-3-2-4-17(20-12)22-7-5-15(6-8-22)21-25(23,24)16-10-13(18)9-14(19)11-16/h2-4,9-11,15,21H,5-8H2,1H3. The maximum atomic E-state index is 13.3. The van der Waals surface area contributed by atoms with Gasteiger partial charge in [0.1, 0.15) is 17.5 Å². The number of aromatic nitrogens is 1. The molecule has 1 fully saturated rings. The highest BCUT2D eigenvalue weighted by atomic mass is 32.2. The van der Waals surface area contributed by atoms with Crippen LogP contribution < -0.4 is 9.62 Å². The fraction of sp³-hybridized carbons (Fsp3) is 0.353. The molecular formula is C17H19F2N3O2S. The molecule has 2 aromatic rings. The Morgan fingerprint density at radius 2 is 1.76 bits per heavy atom. The highest BCUT2D eigenvalue weighted by Gasteiger charge is 2.26. The summed E-state index contributed by atoms with van der Waals surface area (Å²) in [5, 5.41) is 0. The molecule has 0 unspecified atom stereocenters. The van der Waals surface area contributed by atoms with E-state index in [1.165, 1.54) is 0 Å². The van der Waals surface area contributed by atoms with Gasteiger partial charge in [0.15, 0.2) is 0 Å². The van der Waals surface area contributed by atoms with Crippen LogP contribution in [0.1, 0.15) is 18.5 Å². The predicted molar refractivity (Wildman–Crippen MR) is 90.9 cm³/mol. The second-order valence-electron chi connectivity index (χ2n) is 6.12. The summed E-state index contributed by atoms with van der Waals surface area (Å²) in [5.74, 6) is -0.963. The molecule has 5 nitrogen and oxygen atoms in total. The van der Waals surface area contributed by atoms with Crippen molar-refractivity contribution in [1.29, 1.82) is 0 Å². The Morgan fingerprint density at radius 1 is 1.12 bits per heavy atom. The summed E-state index contributed by atoms with van der Waals surface area (Å²) in [6, 6.07) is 7.78. The van der Waals surface area contributed by atoms with Crippen molar-refractivity contribution >= 4 is 15.8 Å². The van der Waals surface area contributed by atoms with E-state index in [9.17, 15) is 17.2 Å². The zero-order chi connectivity index (χ0) is 18.0. The van der Waals surface area contributed by atoms with Crippen LogP contribution in [0.4, 0.5) is 14.6 Å². The third kappa shape index (κ3) is 4.32. The van der Waals surface area contributed by atoms with E-state index < -0.39 is 26.6 Å². The highest BCUT2D eigenvalue weighted by Crippen LogP contribution is 2.20. The topological polar surface area (TPSA) is 62.3 Å². The number of pyridine rings is 1. The summed E-state index contributed by atoms with van der Waals surface area (Å²) in [5.41, 5.74) is 0.924. The highest BCUT2D eigenvalue weighted by molar-refractivity contribution is 7.89. The first kappa shape index (κ1) is 17.8. The van der Waals surface area contributed by atoms with Crippen LogP contribution in [0.2, 0.25) is 0 Å². The average Bonchev–Trinajstić information content (AvgIpc) is 2.54. The molecule has 1 N–H and O–H groups in total. The van der Waals surface area contributed by atoms with Gasteiger partial charge in [0.25, 0.3) is 0 Å². The number of hydrogen-bond donors (Lipinski definition) is 1. The van der Waals surface area contributed by atoms with Crippen molar-refractivity contribution in [3.8, 4) is 0 Å². The molecule has 1 aromatic heterocycles. The lowest BCUT2D eigenvalue weighted by atomic mass is 10.1. The first-order chi connectivity index (χ1) is 11.8. The molecule has 0 bridgehead atoms. The second-order valence-corrected chi connectivity index (χ2v) is 7.84. The van der Waals surface area contributed by atoms with Crippen molar-refractivity contribution in [3.05, 3.63) is 53.7 Å². The molecular weight excluding hydrogens is 348 g/mol. The van der Waals surface area contributed by atoms with Gasteiger partial charge in [-0.15, -0.1) is 0 Å². The van der Waals surface area contributed by atoms with Crippen molar-refractivity contribution in [2.75, 3.05) is 18.0 Å². The van der Waals surface area contributed by atoms with Crippen LogP contribution in [-0.2, 0) is 10.0 Å². The number of rotatable bonds is 4. The summed E-state index contributed by atoms with van der Waals surface area (Å²) in [6.45, 7) is 3.23. The van der Waals surface area contributed by atoms with Crippen LogP contribution in [-0.4, -0.2) is 32.5 Å². The summed E-state index contributed by atoms with van der Waals surface area (Å²) >= 11 is 0. The van der Waals surface area contributed by atoms with Crippen molar-refractivity contribution in [2.24, 2.45) is 0 Å². The van der Waals surface area contributed by atoms with Gasteiger partial charge < -0.3 is 4.90 Å². The summed E-state index contributed by atoms with van der Waals surface area (Å²) in [6.07, 6.45) is 1.18. The Bertz CT molecular complexity index is 846. The number of nitrogens with one attached hydrogen (secondary N) is 1. The summed E-state index contributed by atoms with van der Waals surface area (Å²) in [4.78, 5) is 6.17. The minimum Gasteiger partial charge on any atom is -0.356 e. The van der Waals surface area contributed by atoms with Gasteiger partial charge in [-0.2, -0.15) is 0 Å². The van der Waals surface area contributed by atoms with Crippen LogP contribution in [0.3, 0.4) is 0 Å². The monoisotopic (exact) mass is 367 g/mol. The molecule has 0 amide bonds. The zero-order valence-corrected chi connectivity index (χ0v) is 14.6. The van der Waals surface area contributed by atoms with Gasteiger partial charge in [0, 0.05) is 30.9 Å². The third-order valence-corrected chi connectivity index (χ3v) is 5.66. The molecule has 134 valence electrons. The molecule has 25 heavy (non-hydrogen) atoms. The predicted octanol–water partition coefficient (Wildman–Crippen LogP) is 2.62. The van der Waals surface area contributed by atoms with Crippen molar-refractivity contribution in [1.82, 2.24) is 9.71 Å². The number of hydrogen-bond acceptors (Lipinski definition) is 4. The number of anilines is 1.